The molecule has 10 heteroatoms. The summed E-state index contributed by atoms with van der Waals surface area (Å²) >= 11 is 0. The number of fused-ring (bicyclic) bond motifs is 3. The number of carboxylic acid groups (broad SMARTS) is 1. The molecule has 6 rings (SSSR count). The number of carboxylic acids is 1. The van der Waals surface area contributed by atoms with E-state index in [0.717, 1.165) is 4.90 Å². The largest absolute Gasteiger partial charge is 0.507 e. The third-order valence-corrected chi connectivity index (χ3v) is 8.75. The van der Waals surface area contributed by atoms with E-state index in [4.69, 9.17) is 9.47 Å². The predicted octanol–water partition coefficient (Wildman–Crippen LogP) is 3.74. The van der Waals surface area contributed by atoms with Crippen molar-refractivity contribution < 1.29 is 43.7 Å². The number of hydrogen-bond donors (Lipinski definition) is 2. The molecule has 2 aromatic carbocycles. The number of allylic oxidation sites excluding steroid dienone is 6. The summed E-state index contributed by atoms with van der Waals surface area (Å²) in [7, 11) is 2.85. The Morgan fingerprint density at radius 2 is 1.76 bits per heavy atom. The molecule has 4 aliphatic rings. The van der Waals surface area contributed by atoms with E-state index in [1.807, 2.05) is 6.08 Å². The first-order chi connectivity index (χ1) is 20.1. The Balaban J connectivity index is 1.51. The highest BCUT2D eigenvalue weighted by Crippen LogP contribution is 2.58. The Kier molecular flexibility index (Phi) is 6.36. The van der Waals surface area contributed by atoms with Gasteiger partial charge in [0.1, 0.15) is 17.2 Å². The molecule has 0 radical (unpaired) electrons. The number of carbonyl (C=O) groups excluding carboxylic acids is 4. The number of aromatic carboxylic acids is 1. The van der Waals surface area contributed by atoms with Crippen LogP contribution in [0.3, 0.4) is 0 Å². The van der Waals surface area contributed by atoms with Crippen LogP contribution in [-0.4, -0.2) is 53.8 Å². The number of ether oxygens (including phenoxy) is 2. The van der Waals surface area contributed by atoms with Crippen LogP contribution in [0.15, 0.2) is 70.8 Å². The highest BCUT2D eigenvalue weighted by Gasteiger charge is 2.57. The third kappa shape index (κ3) is 3.89. The van der Waals surface area contributed by atoms with E-state index < -0.39 is 41.5 Å². The number of phenolic OH excluding ortho intramolecular Hbond substituents is 1. The molecule has 2 N–H and O–H groups in total. The van der Waals surface area contributed by atoms with Gasteiger partial charge >= 0.3 is 5.97 Å². The molecule has 2 amide bonds. The molecule has 10 nitrogen and oxygen atoms in total. The van der Waals surface area contributed by atoms with E-state index in [1.165, 1.54) is 50.6 Å². The molecule has 1 saturated heterocycles. The highest BCUT2D eigenvalue weighted by molar-refractivity contribution is 6.25. The molecule has 3 aliphatic carbocycles. The first-order valence-corrected chi connectivity index (χ1v) is 13.4. The fourth-order valence-electron chi connectivity index (χ4n) is 6.89. The van der Waals surface area contributed by atoms with Gasteiger partial charge in [-0.15, -0.1) is 0 Å². The Morgan fingerprint density at radius 1 is 1.00 bits per heavy atom. The number of ketones is 2. The number of nitrogens with zero attached hydrogens (tertiary/aromatic N) is 1. The van der Waals surface area contributed by atoms with Crippen molar-refractivity contribution >= 4 is 35.0 Å². The molecule has 1 fully saturated rings. The van der Waals surface area contributed by atoms with Crippen LogP contribution in [0.4, 0.5) is 5.69 Å². The smallest absolute Gasteiger partial charge is 0.335 e. The summed E-state index contributed by atoms with van der Waals surface area (Å²) in [5.41, 5.74) is 1.73. The topological polar surface area (TPSA) is 148 Å². The molecule has 42 heavy (non-hydrogen) atoms. The van der Waals surface area contributed by atoms with Crippen molar-refractivity contribution in [3.63, 3.8) is 0 Å². The summed E-state index contributed by atoms with van der Waals surface area (Å²) in [6.07, 6.45) is 3.36. The Hall–Kier alpha value is -4.99. The number of Topliss-reactive ketones (excluding diaryl/α,β-unsaturated/α-hetero) is 1. The Labute approximate surface area is 240 Å². The fraction of sp³-hybridized carbons (Fsp3) is 0.281. The zero-order chi connectivity index (χ0) is 30.0. The quantitative estimate of drug-likeness (QED) is 0.312. The third-order valence-electron chi connectivity index (χ3n) is 8.75. The summed E-state index contributed by atoms with van der Waals surface area (Å²) in [6.45, 7) is 1.56. The minimum absolute atomic E-state index is 0.0639. The van der Waals surface area contributed by atoms with Gasteiger partial charge in [-0.2, -0.15) is 0 Å². The van der Waals surface area contributed by atoms with E-state index >= 15 is 0 Å². The van der Waals surface area contributed by atoms with Crippen molar-refractivity contribution in [2.24, 2.45) is 17.8 Å². The fourth-order valence-corrected chi connectivity index (χ4v) is 6.89. The number of amides is 2. The lowest BCUT2D eigenvalue weighted by atomic mass is 9.59. The summed E-state index contributed by atoms with van der Waals surface area (Å²) in [6, 6.07) is 8.61. The predicted molar refractivity (Wildman–Crippen MR) is 148 cm³/mol. The van der Waals surface area contributed by atoms with Gasteiger partial charge < -0.3 is 19.7 Å². The molecule has 0 saturated carbocycles. The van der Waals surface area contributed by atoms with Gasteiger partial charge in [-0.25, -0.2) is 4.79 Å². The maximum Gasteiger partial charge on any atom is 0.335 e. The van der Waals surface area contributed by atoms with Gasteiger partial charge in [0.25, 0.3) is 0 Å². The minimum Gasteiger partial charge on any atom is -0.507 e. The van der Waals surface area contributed by atoms with Crippen molar-refractivity contribution in [2.75, 3.05) is 19.1 Å². The zero-order valence-electron chi connectivity index (χ0n) is 23.0. The normalized spacial score (nSPS) is 25.0. The molecule has 0 aromatic heterocycles. The molecule has 1 heterocycles. The number of phenols is 1. The second-order valence-corrected chi connectivity index (χ2v) is 10.9. The highest BCUT2D eigenvalue weighted by atomic mass is 16.5. The first kappa shape index (κ1) is 27.2. The average molecular weight is 570 g/mol. The van der Waals surface area contributed by atoms with E-state index in [9.17, 15) is 34.2 Å². The van der Waals surface area contributed by atoms with Gasteiger partial charge in [-0.1, -0.05) is 17.7 Å². The lowest BCUT2D eigenvalue weighted by Crippen LogP contribution is -2.40. The minimum atomic E-state index is -1.19. The summed E-state index contributed by atoms with van der Waals surface area (Å²) in [5, 5.41) is 20.7. The molecule has 0 spiro atoms. The zero-order valence-corrected chi connectivity index (χ0v) is 23.0. The van der Waals surface area contributed by atoms with Crippen LogP contribution in [-0.2, 0) is 19.2 Å². The standard InChI is InChI=1S/C32H27NO9/c1-14-9-22(34)21-13-20-18(26(27(21)29(14)36)28-23(35)11-17(41-2)12-24(28)42-3)7-8-19-25(20)31(38)33(30(19)37)16-6-4-5-15(10-16)32(39)40/h4-7,9-12,19-20,25-26,35H,8,13H2,1-3H3,(H,39,40). The SMILES string of the molecule is COc1cc(O)c(C2C3=CCC4C(=O)N(c5cccc(C(=O)O)c5)C(=O)C4C3CC3=C2C(=O)C(C)=CC3=O)c(OC)c1. The second-order valence-electron chi connectivity index (χ2n) is 10.9. The Morgan fingerprint density at radius 3 is 2.45 bits per heavy atom. The molecule has 2 aromatic rings. The van der Waals surface area contributed by atoms with Crippen molar-refractivity contribution in [1.29, 1.82) is 0 Å². The summed E-state index contributed by atoms with van der Waals surface area (Å²) in [4.78, 5) is 67.3. The summed E-state index contributed by atoms with van der Waals surface area (Å²) < 4.78 is 10.9. The maximum absolute atomic E-state index is 14.0. The van der Waals surface area contributed by atoms with Crippen LogP contribution < -0.4 is 14.4 Å². The molecule has 4 atom stereocenters. The van der Waals surface area contributed by atoms with Gasteiger partial charge in [0, 0.05) is 40.3 Å². The van der Waals surface area contributed by atoms with Gasteiger partial charge in [0.15, 0.2) is 11.6 Å². The van der Waals surface area contributed by atoms with Gasteiger partial charge in [0.2, 0.25) is 11.8 Å². The van der Waals surface area contributed by atoms with Crippen LogP contribution in [0.5, 0.6) is 17.2 Å². The van der Waals surface area contributed by atoms with Crippen LogP contribution in [0, 0.1) is 17.8 Å². The number of aromatic hydroxyl groups is 1. The van der Waals surface area contributed by atoms with E-state index in [0.29, 0.717) is 11.3 Å². The van der Waals surface area contributed by atoms with Crippen molar-refractivity contribution in [3.05, 3.63) is 82.0 Å². The van der Waals surface area contributed by atoms with E-state index in [2.05, 4.69) is 0 Å². The number of carbonyl (C=O) groups is 5. The van der Waals surface area contributed by atoms with E-state index in [-0.39, 0.29) is 69.4 Å². The number of hydrogen-bond acceptors (Lipinski definition) is 8. The molecule has 0 bridgehead atoms. The van der Waals surface area contributed by atoms with Crippen LogP contribution in [0.1, 0.15) is 41.6 Å². The van der Waals surface area contributed by atoms with Crippen LogP contribution in [0.2, 0.25) is 0 Å². The number of anilines is 1. The van der Waals surface area contributed by atoms with Crippen molar-refractivity contribution in [2.45, 2.75) is 25.7 Å². The monoisotopic (exact) mass is 569 g/mol. The number of methoxy groups -OCH3 is 2. The molecular formula is C32H27NO9. The van der Waals surface area contributed by atoms with Crippen LogP contribution in [0.25, 0.3) is 0 Å². The van der Waals surface area contributed by atoms with E-state index in [1.54, 1.807) is 13.0 Å². The lowest BCUT2D eigenvalue weighted by Gasteiger charge is -2.42. The van der Waals surface area contributed by atoms with Gasteiger partial charge in [-0.05, 0) is 50.0 Å². The van der Waals surface area contributed by atoms with Crippen molar-refractivity contribution in [3.8, 4) is 17.2 Å². The lowest BCUT2D eigenvalue weighted by molar-refractivity contribution is -0.123. The number of imide groups is 1. The summed E-state index contributed by atoms with van der Waals surface area (Å²) in [5.74, 6) is -5.62. The maximum atomic E-state index is 14.0. The van der Waals surface area contributed by atoms with Gasteiger partial charge in [0.05, 0.1) is 37.3 Å². The molecule has 214 valence electrons. The average Bonchev–Trinajstić information content (AvgIpc) is 3.24. The van der Waals surface area contributed by atoms with Crippen molar-refractivity contribution in [1.82, 2.24) is 0 Å². The molecule has 4 unspecified atom stereocenters. The first-order valence-electron chi connectivity index (χ1n) is 13.4. The second kappa shape index (κ2) is 9.83. The number of benzene rings is 2. The molecular weight excluding hydrogens is 542 g/mol. The van der Waals surface area contributed by atoms with Crippen LogP contribution >= 0.6 is 0 Å². The molecule has 1 aliphatic heterocycles. The Bertz CT molecular complexity index is 1710. The van der Waals surface area contributed by atoms with Gasteiger partial charge in [-0.3, -0.25) is 24.1 Å². The number of rotatable bonds is 5.